The fraction of sp³-hybridized carbons (Fsp3) is 0.688. The van der Waals surface area contributed by atoms with Crippen molar-refractivity contribution in [2.75, 3.05) is 26.2 Å². The predicted molar refractivity (Wildman–Crippen MR) is 78.1 cm³/mol. The first-order valence-corrected chi connectivity index (χ1v) is 7.75. The first-order chi connectivity index (χ1) is 9.42. The number of aromatic nitrogens is 1. The average molecular weight is 259 g/mol. The number of rotatable bonds is 6. The molecule has 0 radical (unpaired) electrons. The first kappa shape index (κ1) is 13.1. The molecule has 1 aromatic heterocycles. The van der Waals surface area contributed by atoms with Crippen LogP contribution in [0.15, 0.2) is 24.5 Å². The first-order valence-electron chi connectivity index (χ1n) is 7.75. The molecular formula is C16H25N3. The minimum absolute atomic E-state index is 0.867. The number of pyridine rings is 1. The van der Waals surface area contributed by atoms with Crippen LogP contribution in [0.4, 0.5) is 0 Å². The van der Waals surface area contributed by atoms with E-state index in [4.69, 9.17) is 0 Å². The Kier molecular flexibility index (Phi) is 4.46. The number of hydrogen-bond acceptors (Lipinski definition) is 3. The normalized spacial score (nSPS) is 23.7. The molecular weight excluding hydrogens is 234 g/mol. The second-order valence-corrected chi connectivity index (χ2v) is 6.04. The third kappa shape index (κ3) is 4.02. The zero-order valence-electron chi connectivity index (χ0n) is 11.7. The topological polar surface area (TPSA) is 28.2 Å². The van der Waals surface area contributed by atoms with Crippen LogP contribution in [0, 0.1) is 5.92 Å². The maximum absolute atomic E-state index is 4.09. The lowest BCUT2D eigenvalue weighted by Crippen LogP contribution is -2.40. The summed E-state index contributed by atoms with van der Waals surface area (Å²) in [6.45, 7) is 4.95. The Morgan fingerprint density at radius 3 is 2.74 bits per heavy atom. The highest BCUT2D eigenvalue weighted by Gasteiger charge is 2.30. The molecule has 1 aliphatic heterocycles. The molecule has 19 heavy (non-hydrogen) atoms. The van der Waals surface area contributed by atoms with Gasteiger partial charge in [0.25, 0.3) is 0 Å². The van der Waals surface area contributed by atoms with Crippen molar-refractivity contribution < 1.29 is 0 Å². The average Bonchev–Trinajstić information content (AvgIpc) is 3.30. The van der Waals surface area contributed by atoms with Crippen LogP contribution < -0.4 is 5.32 Å². The SMILES string of the molecule is c1cc(CCN(CC2CCCNC2)C2CC2)ccn1. The maximum Gasteiger partial charge on any atom is 0.0270 e. The third-order valence-corrected chi connectivity index (χ3v) is 4.39. The van der Waals surface area contributed by atoms with Gasteiger partial charge in [-0.1, -0.05) is 0 Å². The van der Waals surface area contributed by atoms with Crippen LogP contribution in [0.25, 0.3) is 0 Å². The Morgan fingerprint density at radius 2 is 2.05 bits per heavy atom. The summed E-state index contributed by atoms with van der Waals surface area (Å²) in [4.78, 5) is 6.83. The summed E-state index contributed by atoms with van der Waals surface area (Å²) in [5.74, 6) is 0.867. The molecule has 104 valence electrons. The van der Waals surface area contributed by atoms with Crippen molar-refractivity contribution in [2.24, 2.45) is 5.92 Å². The van der Waals surface area contributed by atoms with Crippen molar-refractivity contribution in [1.82, 2.24) is 15.2 Å². The van der Waals surface area contributed by atoms with Crippen LogP contribution in [0.2, 0.25) is 0 Å². The molecule has 1 atom stereocenters. The molecule has 3 rings (SSSR count). The van der Waals surface area contributed by atoms with E-state index in [-0.39, 0.29) is 0 Å². The molecule has 2 heterocycles. The van der Waals surface area contributed by atoms with Crippen molar-refractivity contribution in [3.05, 3.63) is 30.1 Å². The molecule has 1 N–H and O–H groups in total. The third-order valence-electron chi connectivity index (χ3n) is 4.39. The summed E-state index contributed by atoms with van der Waals surface area (Å²) in [5, 5.41) is 3.54. The number of nitrogens with one attached hydrogen (secondary N) is 1. The number of hydrogen-bond donors (Lipinski definition) is 1. The Hall–Kier alpha value is -0.930. The van der Waals surface area contributed by atoms with Crippen molar-refractivity contribution in [2.45, 2.75) is 38.1 Å². The Balaban J connectivity index is 1.49. The highest BCUT2D eigenvalue weighted by molar-refractivity contribution is 5.10. The summed E-state index contributed by atoms with van der Waals surface area (Å²) in [5.41, 5.74) is 1.42. The van der Waals surface area contributed by atoms with Crippen LogP contribution in [-0.4, -0.2) is 42.1 Å². The predicted octanol–water partition coefficient (Wildman–Crippen LogP) is 2.09. The van der Waals surface area contributed by atoms with Crippen LogP contribution in [0.3, 0.4) is 0 Å². The van der Waals surface area contributed by atoms with Gasteiger partial charge in [-0.25, -0.2) is 0 Å². The van der Waals surface area contributed by atoms with E-state index >= 15 is 0 Å². The molecule has 0 amide bonds. The lowest BCUT2D eigenvalue weighted by Gasteiger charge is -2.30. The second-order valence-electron chi connectivity index (χ2n) is 6.04. The van der Waals surface area contributed by atoms with Gasteiger partial charge in [-0.15, -0.1) is 0 Å². The smallest absolute Gasteiger partial charge is 0.0270 e. The summed E-state index contributed by atoms with van der Waals surface area (Å²) in [7, 11) is 0. The summed E-state index contributed by atoms with van der Waals surface area (Å²) in [6.07, 6.45) is 10.6. The summed E-state index contributed by atoms with van der Waals surface area (Å²) < 4.78 is 0. The van der Waals surface area contributed by atoms with E-state index in [1.165, 1.54) is 63.8 Å². The quantitative estimate of drug-likeness (QED) is 0.848. The highest BCUT2D eigenvalue weighted by atomic mass is 15.2. The minimum Gasteiger partial charge on any atom is -0.316 e. The van der Waals surface area contributed by atoms with Gasteiger partial charge in [0, 0.05) is 31.5 Å². The molecule has 1 aromatic rings. The zero-order valence-corrected chi connectivity index (χ0v) is 11.7. The van der Waals surface area contributed by atoms with Crippen molar-refractivity contribution in [3.63, 3.8) is 0 Å². The number of piperidine rings is 1. The van der Waals surface area contributed by atoms with Crippen LogP contribution in [0.5, 0.6) is 0 Å². The van der Waals surface area contributed by atoms with Gasteiger partial charge >= 0.3 is 0 Å². The van der Waals surface area contributed by atoms with Crippen LogP contribution >= 0.6 is 0 Å². The van der Waals surface area contributed by atoms with Gasteiger partial charge in [0.05, 0.1) is 0 Å². The minimum atomic E-state index is 0.867. The maximum atomic E-state index is 4.09. The lowest BCUT2D eigenvalue weighted by molar-refractivity contribution is 0.202. The van der Waals surface area contributed by atoms with Gasteiger partial charge in [-0.05, 0) is 68.8 Å². The van der Waals surface area contributed by atoms with Gasteiger partial charge in [-0.2, -0.15) is 0 Å². The molecule has 1 aliphatic carbocycles. The molecule has 0 aromatic carbocycles. The zero-order chi connectivity index (χ0) is 12.9. The van der Waals surface area contributed by atoms with Crippen molar-refractivity contribution >= 4 is 0 Å². The molecule has 1 saturated carbocycles. The van der Waals surface area contributed by atoms with Gasteiger partial charge in [0.1, 0.15) is 0 Å². The Bertz CT molecular complexity index is 369. The van der Waals surface area contributed by atoms with E-state index in [1.54, 1.807) is 0 Å². The molecule has 0 spiro atoms. The highest BCUT2D eigenvalue weighted by Crippen LogP contribution is 2.28. The van der Waals surface area contributed by atoms with E-state index in [0.29, 0.717) is 0 Å². The van der Waals surface area contributed by atoms with Gasteiger partial charge in [0.15, 0.2) is 0 Å². The van der Waals surface area contributed by atoms with Crippen LogP contribution in [-0.2, 0) is 6.42 Å². The van der Waals surface area contributed by atoms with E-state index in [2.05, 4.69) is 27.3 Å². The molecule has 1 saturated heterocycles. The van der Waals surface area contributed by atoms with Crippen LogP contribution in [0.1, 0.15) is 31.2 Å². The monoisotopic (exact) mass is 259 g/mol. The molecule has 2 aliphatic rings. The van der Waals surface area contributed by atoms with Crippen molar-refractivity contribution in [3.8, 4) is 0 Å². The molecule has 3 heteroatoms. The van der Waals surface area contributed by atoms with E-state index in [1.807, 2.05) is 12.4 Å². The number of nitrogens with zero attached hydrogens (tertiary/aromatic N) is 2. The van der Waals surface area contributed by atoms with Gasteiger partial charge < -0.3 is 5.32 Å². The summed E-state index contributed by atoms with van der Waals surface area (Å²) in [6, 6.07) is 5.17. The fourth-order valence-corrected chi connectivity index (χ4v) is 3.10. The Morgan fingerprint density at radius 1 is 1.21 bits per heavy atom. The van der Waals surface area contributed by atoms with Gasteiger partial charge in [-0.3, -0.25) is 9.88 Å². The Labute approximate surface area is 116 Å². The van der Waals surface area contributed by atoms with Crippen molar-refractivity contribution in [1.29, 1.82) is 0 Å². The van der Waals surface area contributed by atoms with E-state index < -0.39 is 0 Å². The molecule has 3 nitrogen and oxygen atoms in total. The molecule has 2 fully saturated rings. The molecule has 0 bridgehead atoms. The largest absolute Gasteiger partial charge is 0.316 e. The second kappa shape index (κ2) is 6.49. The standard InChI is InChI=1S/C16H25N3/c1-2-15(12-18-8-1)13-19(16-3-4-16)11-7-14-5-9-17-10-6-14/h5-6,9-10,15-16,18H,1-4,7-8,11-13H2. The summed E-state index contributed by atoms with van der Waals surface area (Å²) >= 11 is 0. The van der Waals surface area contributed by atoms with E-state index in [9.17, 15) is 0 Å². The van der Waals surface area contributed by atoms with E-state index in [0.717, 1.165) is 12.0 Å². The fourth-order valence-electron chi connectivity index (χ4n) is 3.10. The lowest BCUT2D eigenvalue weighted by atomic mass is 9.99. The molecule has 1 unspecified atom stereocenters. The van der Waals surface area contributed by atoms with Gasteiger partial charge in [0.2, 0.25) is 0 Å².